The van der Waals surface area contributed by atoms with Crippen molar-refractivity contribution in [2.45, 2.75) is 10.6 Å². The Labute approximate surface area is 130 Å². The maximum Gasteiger partial charge on any atom is 0.258 e. The van der Waals surface area contributed by atoms with E-state index in [9.17, 15) is 5.11 Å². The number of benzene rings is 2. The number of nitrogens with zero attached hydrogens (tertiary/aromatic N) is 2. The molecule has 1 N–H and O–H groups in total. The molecule has 0 fully saturated rings. The minimum absolute atomic E-state index is 0.165. The highest BCUT2D eigenvalue weighted by molar-refractivity contribution is 7.98. The molecule has 0 spiro atoms. The summed E-state index contributed by atoms with van der Waals surface area (Å²) in [6, 6.07) is 14.3. The van der Waals surface area contributed by atoms with Gasteiger partial charge in [-0.25, -0.2) is 0 Å². The highest BCUT2D eigenvalue weighted by atomic mass is 35.5. The first-order valence-electron chi connectivity index (χ1n) is 6.22. The Kier molecular flexibility index (Phi) is 4.13. The quantitative estimate of drug-likeness (QED) is 0.723. The van der Waals surface area contributed by atoms with Crippen LogP contribution in [0.2, 0.25) is 5.02 Å². The van der Waals surface area contributed by atoms with Gasteiger partial charge in [-0.15, -0.1) is 11.8 Å². The van der Waals surface area contributed by atoms with Crippen molar-refractivity contribution in [3.63, 3.8) is 0 Å². The summed E-state index contributed by atoms with van der Waals surface area (Å²) in [6.07, 6.45) is 0. The molecule has 0 radical (unpaired) electrons. The predicted octanol–water partition coefficient (Wildman–Crippen LogP) is 4.39. The van der Waals surface area contributed by atoms with Gasteiger partial charge in [0.1, 0.15) is 5.75 Å². The summed E-state index contributed by atoms with van der Waals surface area (Å²) in [6.45, 7) is 0. The fraction of sp³-hybridized carbons (Fsp3) is 0.0667. The second kappa shape index (κ2) is 6.20. The van der Waals surface area contributed by atoms with Crippen molar-refractivity contribution in [2.24, 2.45) is 0 Å². The number of phenolic OH excluding ortho intramolecular Hbond substituents is 1. The van der Waals surface area contributed by atoms with Crippen molar-refractivity contribution in [3.8, 4) is 17.2 Å². The molecule has 0 saturated heterocycles. The standard InChI is InChI=1S/C15H11ClN2O2S/c16-12-6-1-2-7-13(12)21-9-14-17-15(20-18-14)10-4-3-5-11(19)8-10/h1-8,19H,9H2. The lowest BCUT2D eigenvalue weighted by Gasteiger charge is -2.00. The molecule has 3 rings (SSSR count). The summed E-state index contributed by atoms with van der Waals surface area (Å²) in [5, 5.41) is 14.1. The predicted molar refractivity (Wildman–Crippen MR) is 82.4 cm³/mol. The molecule has 0 amide bonds. The number of aromatic nitrogens is 2. The Morgan fingerprint density at radius 3 is 2.81 bits per heavy atom. The second-order valence-electron chi connectivity index (χ2n) is 4.29. The number of hydrogen-bond acceptors (Lipinski definition) is 5. The topological polar surface area (TPSA) is 59.2 Å². The fourth-order valence-corrected chi connectivity index (χ4v) is 2.85. The molecule has 1 aromatic heterocycles. The van der Waals surface area contributed by atoms with Gasteiger partial charge in [0.25, 0.3) is 5.89 Å². The van der Waals surface area contributed by atoms with Gasteiger partial charge >= 0.3 is 0 Å². The fourth-order valence-electron chi connectivity index (χ4n) is 1.77. The monoisotopic (exact) mass is 318 g/mol. The van der Waals surface area contributed by atoms with Crippen molar-refractivity contribution in [3.05, 3.63) is 59.4 Å². The van der Waals surface area contributed by atoms with Gasteiger partial charge in [-0.3, -0.25) is 0 Å². The molecule has 0 aliphatic heterocycles. The number of aromatic hydroxyl groups is 1. The second-order valence-corrected chi connectivity index (χ2v) is 5.71. The molecular formula is C15H11ClN2O2S. The van der Waals surface area contributed by atoms with E-state index in [0.717, 1.165) is 4.90 Å². The molecule has 0 unspecified atom stereocenters. The van der Waals surface area contributed by atoms with E-state index in [1.165, 1.54) is 0 Å². The van der Waals surface area contributed by atoms with Gasteiger partial charge in [-0.1, -0.05) is 35.0 Å². The van der Waals surface area contributed by atoms with Crippen molar-refractivity contribution < 1.29 is 9.63 Å². The van der Waals surface area contributed by atoms with Crippen LogP contribution < -0.4 is 0 Å². The Morgan fingerprint density at radius 2 is 2.00 bits per heavy atom. The lowest BCUT2D eigenvalue weighted by Crippen LogP contribution is -1.84. The molecule has 0 aliphatic carbocycles. The summed E-state index contributed by atoms with van der Waals surface area (Å²) in [4.78, 5) is 5.29. The SMILES string of the molecule is Oc1cccc(-c2nc(CSc3ccccc3Cl)no2)c1. The third-order valence-electron chi connectivity index (χ3n) is 2.75. The lowest BCUT2D eigenvalue weighted by molar-refractivity contribution is 0.424. The molecule has 0 bridgehead atoms. The van der Waals surface area contributed by atoms with Crippen molar-refractivity contribution in [1.82, 2.24) is 10.1 Å². The van der Waals surface area contributed by atoms with E-state index in [2.05, 4.69) is 10.1 Å². The van der Waals surface area contributed by atoms with Crippen LogP contribution in [0.3, 0.4) is 0 Å². The molecule has 0 aliphatic rings. The first kappa shape index (κ1) is 14.0. The average molecular weight is 319 g/mol. The average Bonchev–Trinajstić information content (AvgIpc) is 2.95. The smallest absolute Gasteiger partial charge is 0.258 e. The highest BCUT2D eigenvalue weighted by Gasteiger charge is 2.10. The van der Waals surface area contributed by atoms with Crippen molar-refractivity contribution in [2.75, 3.05) is 0 Å². The third-order valence-corrected chi connectivity index (χ3v) is 4.27. The van der Waals surface area contributed by atoms with Crippen LogP contribution in [-0.2, 0) is 5.75 Å². The minimum Gasteiger partial charge on any atom is -0.508 e. The van der Waals surface area contributed by atoms with Crippen LogP contribution >= 0.6 is 23.4 Å². The number of halogens is 1. The summed E-state index contributed by atoms with van der Waals surface area (Å²) in [5.74, 6) is 1.70. The largest absolute Gasteiger partial charge is 0.508 e. The molecule has 0 saturated carbocycles. The van der Waals surface area contributed by atoms with Crippen LogP contribution in [0.4, 0.5) is 0 Å². The van der Waals surface area contributed by atoms with Crippen LogP contribution in [0.1, 0.15) is 5.82 Å². The van der Waals surface area contributed by atoms with Gasteiger partial charge in [-0.05, 0) is 30.3 Å². The molecule has 3 aromatic rings. The molecular weight excluding hydrogens is 308 g/mol. The summed E-state index contributed by atoms with van der Waals surface area (Å²) in [7, 11) is 0. The van der Waals surface area contributed by atoms with Gasteiger partial charge in [0.15, 0.2) is 5.82 Å². The van der Waals surface area contributed by atoms with Gasteiger partial charge < -0.3 is 9.63 Å². The Morgan fingerprint density at radius 1 is 1.14 bits per heavy atom. The maximum absolute atomic E-state index is 9.46. The van der Waals surface area contributed by atoms with E-state index >= 15 is 0 Å². The van der Waals surface area contributed by atoms with Crippen LogP contribution in [0, 0.1) is 0 Å². The van der Waals surface area contributed by atoms with Gasteiger partial charge in [0.2, 0.25) is 0 Å². The zero-order valence-corrected chi connectivity index (χ0v) is 12.4. The zero-order chi connectivity index (χ0) is 14.7. The van der Waals surface area contributed by atoms with E-state index in [0.29, 0.717) is 28.1 Å². The van der Waals surface area contributed by atoms with Crippen LogP contribution in [0.15, 0.2) is 57.9 Å². The summed E-state index contributed by atoms with van der Waals surface area (Å²) >= 11 is 7.64. The Balaban J connectivity index is 1.72. The lowest BCUT2D eigenvalue weighted by atomic mass is 10.2. The first-order chi connectivity index (χ1) is 10.2. The normalized spacial score (nSPS) is 10.7. The van der Waals surface area contributed by atoms with E-state index in [4.69, 9.17) is 16.1 Å². The minimum atomic E-state index is 0.165. The molecule has 4 nitrogen and oxygen atoms in total. The van der Waals surface area contributed by atoms with Crippen LogP contribution in [0.5, 0.6) is 5.75 Å². The molecule has 2 aromatic carbocycles. The molecule has 21 heavy (non-hydrogen) atoms. The van der Waals surface area contributed by atoms with Gasteiger partial charge in [0.05, 0.1) is 10.8 Å². The first-order valence-corrected chi connectivity index (χ1v) is 7.58. The molecule has 0 atom stereocenters. The number of rotatable bonds is 4. The van der Waals surface area contributed by atoms with E-state index < -0.39 is 0 Å². The Bertz CT molecular complexity index is 761. The van der Waals surface area contributed by atoms with Gasteiger partial charge in [-0.2, -0.15) is 4.98 Å². The molecule has 1 heterocycles. The van der Waals surface area contributed by atoms with Gasteiger partial charge in [0, 0.05) is 10.5 Å². The van der Waals surface area contributed by atoms with Crippen molar-refractivity contribution >= 4 is 23.4 Å². The van der Waals surface area contributed by atoms with E-state index in [1.54, 1.807) is 36.0 Å². The van der Waals surface area contributed by atoms with E-state index in [-0.39, 0.29) is 5.75 Å². The number of thioether (sulfide) groups is 1. The van der Waals surface area contributed by atoms with Crippen LogP contribution in [0.25, 0.3) is 11.5 Å². The number of hydrogen-bond donors (Lipinski definition) is 1. The maximum atomic E-state index is 9.46. The Hall–Kier alpha value is -1.98. The van der Waals surface area contributed by atoms with Crippen molar-refractivity contribution in [1.29, 1.82) is 0 Å². The summed E-state index contributed by atoms with van der Waals surface area (Å²) in [5.41, 5.74) is 0.691. The molecule has 6 heteroatoms. The highest BCUT2D eigenvalue weighted by Crippen LogP contribution is 2.29. The summed E-state index contributed by atoms with van der Waals surface area (Å²) < 4.78 is 5.21. The zero-order valence-electron chi connectivity index (χ0n) is 10.9. The molecule has 106 valence electrons. The third kappa shape index (κ3) is 3.37. The van der Waals surface area contributed by atoms with Crippen LogP contribution in [-0.4, -0.2) is 15.2 Å². The van der Waals surface area contributed by atoms with E-state index in [1.807, 2.05) is 24.3 Å². The number of phenols is 1.